The Bertz CT molecular complexity index is 313. The summed E-state index contributed by atoms with van der Waals surface area (Å²) in [7, 11) is 0. The van der Waals surface area contributed by atoms with Gasteiger partial charge < -0.3 is 0 Å². The van der Waals surface area contributed by atoms with Gasteiger partial charge in [-0.1, -0.05) is 55.2 Å². The van der Waals surface area contributed by atoms with E-state index in [0.29, 0.717) is 6.54 Å². The van der Waals surface area contributed by atoms with Crippen molar-refractivity contribution in [1.29, 1.82) is 0 Å². The van der Waals surface area contributed by atoms with E-state index in [9.17, 15) is 4.91 Å². The van der Waals surface area contributed by atoms with Crippen LogP contribution in [-0.2, 0) is 0 Å². The van der Waals surface area contributed by atoms with Gasteiger partial charge in [0.05, 0.1) is 6.54 Å². The highest BCUT2D eigenvalue weighted by Crippen LogP contribution is 2.21. The molecule has 0 rings (SSSR count). The molecular weight excluding hydrogens is 246 g/mol. The second kappa shape index (κ2) is 11.9. The van der Waals surface area contributed by atoms with Crippen LogP contribution < -0.4 is 0 Å². The molecule has 0 aliphatic heterocycles. The van der Waals surface area contributed by atoms with Crippen molar-refractivity contribution in [3.63, 3.8) is 0 Å². The number of unbranched alkanes of at least 4 members (excludes halogenated alkanes) is 1. The van der Waals surface area contributed by atoms with Gasteiger partial charge in [-0.25, -0.2) is 0 Å². The summed E-state index contributed by atoms with van der Waals surface area (Å²) in [6.45, 7) is 11.5. The Kier molecular flexibility index (Phi) is 11.3. The zero-order valence-electron chi connectivity index (χ0n) is 14.1. The largest absolute Gasteiger partial charge is 0.150 e. The molecule has 2 nitrogen and oxygen atoms in total. The van der Waals surface area contributed by atoms with Gasteiger partial charge in [0.1, 0.15) is 0 Å². The molecule has 2 heteroatoms. The van der Waals surface area contributed by atoms with Crippen molar-refractivity contribution < 1.29 is 0 Å². The summed E-state index contributed by atoms with van der Waals surface area (Å²) in [5.41, 5.74) is 2.73. The smallest absolute Gasteiger partial charge is 0.0994 e. The summed E-state index contributed by atoms with van der Waals surface area (Å²) in [6, 6.07) is 0. The minimum absolute atomic E-state index is 0.324. The van der Waals surface area contributed by atoms with Crippen LogP contribution in [0.1, 0.15) is 73.1 Å². The van der Waals surface area contributed by atoms with Crippen molar-refractivity contribution in [3.05, 3.63) is 28.2 Å². The second-order valence-corrected chi connectivity index (χ2v) is 6.57. The summed E-state index contributed by atoms with van der Waals surface area (Å²) in [4.78, 5) is 10.0. The molecular formula is C18H33NO. The lowest BCUT2D eigenvalue weighted by atomic mass is 9.90. The Labute approximate surface area is 125 Å². The van der Waals surface area contributed by atoms with Crippen LogP contribution in [0.4, 0.5) is 0 Å². The Morgan fingerprint density at radius 3 is 2.35 bits per heavy atom. The molecule has 2 unspecified atom stereocenters. The van der Waals surface area contributed by atoms with E-state index in [1.165, 1.54) is 43.3 Å². The molecule has 0 spiro atoms. The highest BCUT2D eigenvalue weighted by Gasteiger charge is 2.07. The predicted molar refractivity (Wildman–Crippen MR) is 89.9 cm³/mol. The van der Waals surface area contributed by atoms with Crippen LogP contribution in [0.3, 0.4) is 0 Å². The lowest BCUT2D eigenvalue weighted by molar-refractivity contribution is 0.385. The molecule has 0 aromatic heterocycles. The van der Waals surface area contributed by atoms with Crippen molar-refractivity contribution in [2.45, 2.75) is 73.1 Å². The van der Waals surface area contributed by atoms with Crippen LogP contribution in [0.5, 0.6) is 0 Å². The van der Waals surface area contributed by atoms with Gasteiger partial charge in [0.15, 0.2) is 0 Å². The van der Waals surface area contributed by atoms with Crippen molar-refractivity contribution in [1.82, 2.24) is 0 Å². The van der Waals surface area contributed by atoms with E-state index in [2.05, 4.69) is 45.9 Å². The van der Waals surface area contributed by atoms with Crippen LogP contribution in [0.15, 0.2) is 28.5 Å². The first kappa shape index (κ1) is 19.1. The third-order valence-electron chi connectivity index (χ3n) is 3.77. The molecule has 0 saturated heterocycles. The van der Waals surface area contributed by atoms with Crippen LogP contribution in [-0.4, -0.2) is 6.54 Å². The highest BCUT2D eigenvalue weighted by molar-refractivity contribution is 4.98. The first-order chi connectivity index (χ1) is 9.45. The van der Waals surface area contributed by atoms with Crippen molar-refractivity contribution in [2.24, 2.45) is 17.0 Å². The summed E-state index contributed by atoms with van der Waals surface area (Å²) in [5, 5.41) is 2.86. The molecule has 0 fully saturated rings. The SMILES string of the molecule is CC(C)=CCC(C)CC(C)CCCC/C(C)=C/CN=O. The summed E-state index contributed by atoms with van der Waals surface area (Å²) in [5.74, 6) is 1.61. The maximum atomic E-state index is 10.0. The van der Waals surface area contributed by atoms with Crippen LogP contribution in [0, 0.1) is 16.7 Å². The molecule has 0 heterocycles. The number of rotatable bonds is 11. The summed E-state index contributed by atoms with van der Waals surface area (Å²) >= 11 is 0. The molecule has 0 N–H and O–H groups in total. The van der Waals surface area contributed by atoms with Crippen LogP contribution in [0.2, 0.25) is 0 Å². The predicted octanol–water partition coefficient (Wildman–Crippen LogP) is 6.28. The lowest BCUT2D eigenvalue weighted by Gasteiger charge is -2.16. The average molecular weight is 279 g/mol. The minimum Gasteiger partial charge on any atom is -0.150 e. The Morgan fingerprint density at radius 1 is 1.05 bits per heavy atom. The molecule has 0 aliphatic rings. The maximum absolute atomic E-state index is 10.0. The van der Waals surface area contributed by atoms with Gasteiger partial charge in [-0.2, -0.15) is 4.91 Å². The fourth-order valence-corrected chi connectivity index (χ4v) is 2.53. The molecule has 116 valence electrons. The van der Waals surface area contributed by atoms with E-state index in [0.717, 1.165) is 18.3 Å². The van der Waals surface area contributed by atoms with Gasteiger partial charge in [-0.15, -0.1) is 0 Å². The van der Waals surface area contributed by atoms with Gasteiger partial charge in [0.2, 0.25) is 0 Å². The zero-order valence-corrected chi connectivity index (χ0v) is 14.1. The monoisotopic (exact) mass is 279 g/mol. The van der Waals surface area contributed by atoms with E-state index >= 15 is 0 Å². The number of allylic oxidation sites excluding steroid dienone is 3. The lowest BCUT2D eigenvalue weighted by Crippen LogP contribution is -2.03. The van der Waals surface area contributed by atoms with Crippen LogP contribution in [0.25, 0.3) is 0 Å². The Hall–Kier alpha value is -0.920. The average Bonchev–Trinajstić information content (AvgIpc) is 2.39. The summed E-state index contributed by atoms with van der Waals surface area (Å²) < 4.78 is 0. The molecule has 0 aliphatic carbocycles. The zero-order chi connectivity index (χ0) is 15.4. The van der Waals surface area contributed by atoms with Crippen molar-refractivity contribution in [3.8, 4) is 0 Å². The van der Waals surface area contributed by atoms with E-state index in [-0.39, 0.29) is 0 Å². The first-order valence-corrected chi connectivity index (χ1v) is 8.03. The van der Waals surface area contributed by atoms with Crippen molar-refractivity contribution >= 4 is 0 Å². The van der Waals surface area contributed by atoms with Gasteiger partial charge in [0.25, 0.3) is 0 Å². The molecule has 0 radical (unpaired) electrons. The van der Waals surface area contributed by atoms with Crippen LogP contribution >= 0.6 is 0 Å². The Morgan fingerprint density at radius 2 is 1.75 bits per heavy atom. The number of hydrogen-bond donors (Lipinski definition) is 0. The molecule has 0 amide bonds. The normalized spacial score (nSPS) is 14.8. The van der Waals surface area contributed by atoms with Gasteiger partial charge in [0, 0.05) is 0 Å². The molecule has 0 aromatic carbocycles. The number of hydrogen-bond acceptors (Lipinski definition) is 2. The Balaban J connectivity index is 3.70. The standard InChI is InChI=1S/C18H33NO/c1-15(2)10-11-18(5)14-17(4)9-7-6-8-16(3)12-13-19-20/h10,12,17-18H,6-9,11,13-14H2,1-5H3/b16-12+. The fraction of sp³-hybridized carbons (Fsp3) is 0.778. The molecule has 0 bridgehead atoms. The van der Waals surface area contributed by atoms with E-state index in [4.69, 9.17) is 0 Å². The number of nitroso groups, excluding NO2 is 1. The second-order valence-electron chi connectivity index (χ2n) is 6.57. The van der Waals surface area contributed by atoms with Gasteiger partial charge in [-0.3, -0.25) is 0 Å². The quantitative estimate of drug-likeness (QED) is 0.249. The van der Waals surface area contributed by atoms with E-state index in [1.54, 1.807) is 0 Å². The van der Waals surface area contributed by atoms with E-state index < -0.39 is 0 Å². The highest BCUT2D eigenvalue weighted by atomic mass is 16.3. The third kappa shape index (κ3) is 12.1. The van der Waals surface area contributed by atoms with Crippen molar-refractivity contribution in [2.75, 3.05) is 6.54 Å². The molecule has 20 heavy (non-hydrogen) atoms. The topological polar surface area (TPSA) is 29.4 Å². The first-order valence-electron chi connectivity index (χ1n) is 8.03. The molecule has 0 saturated carbocycles. The third-order valence-corrected chi connectivity index (χ3v) is 3.77. The van der Waals surface area contributed by atoms with E-state index in [1.807, 2.05) is 6.08 Å². The van der Waals surface area contributed by atoms with Gasteiger partial charge >= 0.3 is 0 Å². The molecule has 0 aromatic rings. The maximum Gasteiger partial charge on any atom is 0.0994 e. The molecule has 2 atom stereocenters. The number of nitrogens with zero attached hydrogens (tertiary/aromatic N) is 1. The van der Waals surface area contributed by atoms with Gasteiger partial charge in [-0.05, 0) is 58.3 Å². The summed E-state index contributed by atoms with van der Waals surface area (Å²) in [6.07, 6.45) is 11.8. The fourth-order valence-electron chi connectivity index (χ4n) is 2.53. The minimum atomic E-state index is 0.324.